The van der Waals surface area contributed by atoms with Crippen molar-refractivity contribution in [1.29, 1.82) is 0 Å². The largest absolute Gasteiger partial charge is 0.497 e. The van der Waals surface area contributed by atoms with E-state index in [0.717, 1.165) is 11.4 Å². The summed E-state index contributed by atoms with van der Waals surface area (Å²) in [5.41, 5.74) is 1.35. The lowest BCUT2D eigenvalue weighted by atomic mass is 10.3. The highest BCUT2D eigenvalue weighted by Gasteiger charge is 2.19. The number of anilines is 3. The molecule has 0 spiro atoms. The van der Waals surface area contributed by atoms with E-state index >= 15 is 0 Å². The van der Waals surface area contributed by atoms with Gasteiger partial charge in [0.1, 0.15) is 5.75 Å². The third-order valence-corrected chi connectivity index (χ3v) is 6.45. The molecule has 3 aromatic rings. The normalized spacial score (nSPS) is 11.7. The van der Waals surface area contributed by atoms with E-state index < -0.39 is 5.25 Å². The van der Waals surface area contributed by atoms with Gasteiger partial charge in [-0.25, -0.2) is 0 Å². The van der Waals surface area contributed by atoms with Crippen LogP contribution in [0.25, 0.3) is 0 Å². The Morgan fingerprint density at radius 2 is 1.93 bits per heavy atom. The molecule has 28 heavy (non-hydrogen) atoms. The van der Waals surface area contributed by atoms with Crippen LogP contribution in [0.3, 0.4) is 0 Å². The van der Waals surface area contributed by atoms with Crippen molar-refractivity contribution in [3.05, 3.63) is 52.5 Å². The smallest absolute Gasteiger partial charge is 0.237 e. The van der Waals surface area contributed by atoms with Crippen LogP contribution in [0, 0.1) is 0 Å². The van der Waals surface area contributed by atoms with Crippen LogP contribution in [-0.4, -0.2) is 28.5 Å². The molecule has 10 heteroatoms. The van der Waals surface area contributed by atoms with Crippen LogP contribution in [0.15, 0.2) is 46.8 Å². The Morgan fingerprint density at radius 1 is 1.18 bits per heavy atom. The summed E-state index contributed by atoms with van der Waals surface area (Å²) in [7, 11) is 1.62. The Balaban J connectivity index is 1.59. The molecule has 2 N–H and O–H groups in total. The van der Waals surface area contributed by atoms with Crippen LogP contribution in [0.4, 0.5) is 16.5 Å². The molecule has 1 heterocycles. The molecule has 2 aromatic carbocycles. The second-order valence-corrected chi connectivity index (χ2v) is 8.93. The Bertz CT molecular complexity index is 966. The van der Waals surface area contributed by atoms with Crippen LogP contribution in [0.5, 0.6) is 5.75 Å². The van der Waals surface area contributed by atoms with Crippen molar-refractivity contribution in [2.24, 2.45) is 0 Å². The Hall–Kier alpha value is -2.00. The Morgan fingerprint density at radius 3 is 2.64 bits per heavy atom. The van der Waals surface area contributed by atoms with Crippen molar-refractivity contribution in [2.45, 2.75) is 16.5 Å². The first-order chi connectivity index (χ1) is 13.5. The van der Waals surface area contributed by atoms with Crippen molar-refractivity contribution in [1.82, 2.24) is 10.2 Å². The molecule has 0 saturated carbocycles. The minimum atomic E-state index is -0.392. The van der Waals surface area contributed by atoms with Gasteiger partial charge in [0.05, 0.1) is 28.1 Å². The number of carbonyl (C=O) groups excluding carboxylic acids is 1. The number of aromatic nitrogens is 2. The maximum atomic E-state index is 12.4. The van der Waals surface area contributed by atoms with Crippen LogP contribution < -0.4 is 15.4 Å². The average molecular weight is 455 g/mol. The Labute approximate surface area is 180 Å². The van der Waals surface area contributed by atoms with Gasteiger partial charge in [0.2, 0.25) is 11.0 Å². The number of benzene rings is 2. The lowest BCUT2D eigenvalue weighted by Gasteiger charge is -2.12. The SMILES string of the molecule is COc1ccc(Nc2nnc(SC(C)C(=O)Nc3cccc(Cl)c3Cl)s2)cc1. The summed E-state index contributed by atoms with van der Waals surface area (Å²) in [6, 6.07) is 12.6. The van der Waals surface area contributed by atoms with Crippen molar-refractivity contribution in [2.75, 3.05) is 17.7 Å². The molecule has 1 aromatic heterocycles. The predicted octanol–water partition coefficient (Wildman–Crippen LogP) is 5.72. The first kappa shape index (κ1) is 20.7. The Kier molecular flexibility index (Phi) is 7.01. The van der Waals surface area contributed by atoms with E-state index in [1.807, 2.05) is 24.3 Å². The fraction of sp³-hybridized carbons (Fsp3) is 0.167. The number of nitrogens with zero attached hydrogens (tertiary/aromatic N) is 2. The maximum absolute atomic E-state index is 12.4. The second-order valence-electron chi connectivity index (χ2n) is 5.58. The summed E-state index contributed by atoms with van der Waals surface area (Å²) in [6.07, 6.45) is 0. The topological polar surface area (TPSA) is 76.1 Å². The summed E-state index contributed by atoms with van der Waals surface area (Å²) >= 11 is 14.8. The number of rotatable bonds is 7. The number of carbonyl (C=O) groups is 1. The van der Waals surface area contributed by atoms with Crippen molar-refractivity contribution in [3.63, 3.8) is 0 Å². The second kappa shape index (κ2) is 9.47. The molecule has 0 radical (unpaired) electrons. The lowest BCUT2D eigenvalue weighted by Crippen LogP contribution is -2.22. The minimum Gasteiger partial charge on any atom is -0.497 e. The van der Waals surface area contributed by atoms with E-state index in [9.17, 15) is 4.79 Å². The van der Waals surface area contributed by atoms with Gasteiger partial charge in [0, 0.05) is 5.69 Å². The molecule has 1 unspecified atom stereocenters. The van der Waals surface area contributed by atoms with Crippen molar-refractivity contribution >= 4 is 68.7 Å². The first-order valence-corrected chi connectivity index (χ1v) is 10.6. The number of nitrogens with one attached hydrogen (secondary N) is 2. The van der Waals surface area contributed by atoms with Crippen molar-refractivity contribution in [3.8, 4) is 5.75 Å². The highest BCUT2D eigenvalue weighted by Crippen LogP contribution is 2.33. The maximum Gasteiger partial charge on any atom is 0.237 e. The number of amides is 1. The third kappa shape index (κ3) is 5.29. The van der Waals surface area contributed by atoms with E-state index in [1.165, 1.54) is 23.1 Å². The van der Waals surface area contributed by atoms with Gasteiger partial charge in [0.25, 0.3) is 0 Å². The van der Waals surface area contributed by atoms with Gasteiger partial charge in [-0.3, -0.25) is 4.79 Å². The van der Waals surface area contributed by atoms with E-state index in [4.69, 9.17) is 27.9 Å². The summed E-state index contributed by atoms with van der Waals surface area (Å²) in [4.78, 5) is 12.4. The number of methoxy groups -OCH3 is 1. The number of hydrogen-bond acceptors (Lipinski definition) is 7. The molecule has 0 bridgehead atoms. The summed E-state index contributed by atoms with van der Waals surface area (Å²) < 4.78 is 5.81. The predicted molar refractivity (Wildman–Crippen MR) is 117 cm³/mol. The molecule has 1 amide bonds. The summed E-state index contributed by atoms with van der Waals surface area (Å²) in [5, 5.41) is 15.1. The van der Waals surface area contributed by atoms with E-state index in [2.05, 4.69) is 20.8 Å². The molecule has 0 aliphatic carbocycles. The van der Waals surface area contributed by atoms with E-state index in [0.29, 0.717) is 25.2 Å². The zero-order valence-electron chi connectivity index (χ0n) is 14.9. The highest BCUT2D eigenvalue weighted by molar-refractivity contribution is 8.02. The molecule has 146 valence electrons. The number of ether oxygens (including phenoxy) is 1. The minimum absolute atomic E-state index is 0.200. The summed E-state index contributed by atoms with van der Waals surface area (Å²) in [6.45, 7) is 1.79. The number of halogens is 2. The van der Waals surface area contributed by atoms with Gasteiger partial charge >= 0.3 is 0 Å². The number of thioether (sulfide) groups is 1. The van der Waals surface area contributed by atoms with Crippen molar-refractivity contribution < 1.29 is 9.53 Å². The molecule has 0 aliphatic heterocycles. The third-order valence-electron chi connectivity index (χ3n) is 3.60. The monoisotopic (exact) mass is 454 g/mol. The van der Waals surface area contributed by atoms with Gasteiger partial charge in [-0.1, -0.05) is 52.4 Å². The molecule has 6 nitrogen and oxygen atoms in total. The number of hydrogen-bond donors (Lipinski definition) is 2. The quantitative estimate of drug-likeness (QED) is 0.444. The molecule has 0 saturated heterocycles. The molecule has 0 aliphatic rings. The first-order valence-electron chi connectivity index (χ1n) is 8.12. The fourth-order valence-electron chi connectivity index (χ4n) is 2.15. The van der Waals surface area contributed by atoms with Gasteiger partial charge in [-0.15, -0.1) is 10.2 Å². The van der Waals surface area contributed by atoms with Crippen LogP contribution in [0.2, 0.25) is 10.0 Å². The van der Waals surface area contributed by atoms with Crippen LogP contribution in [0.1, 0.15) is 6.92 Å². The standard InChI is InChI=1S/C18H16Cl2N4O2S2/c1-10(16(25)22-14-5-3-4-13(19)15(14)20)27-18-24-23-17(28-18)21-11-6-8-12(26-2)9-7-11/h3-10H,1-2H3,(H,21,23)(H,22,25). The van der Waals surface area contributed by atoms with Gasteiger partial charge in [0.15, 0.2) is 4.34 Å². The molecular weight excluding hydrogens is 439 g/mol. The highest BCUT2D eigenvalue weighted by atomic mass is 35.5. The molecule has 3 rings (SSSR count). The van der Waals surface area contributed by atoms with Crippen LogP contribution >= 0.6 is 46.3 Å². The van der Waals surface area contributed by atoms with Gasteiger partial charge in [-0.05, 0) is 43.3 Å². The molecule has 1 atom stereocenters. The van der Waals surface area contributed by atoms with Crippen LogP contribution in [-0.2, 0) is 4.79 Å². The zero-order valence-corrected chi connectivity index (χ0v) is 18.0. The zero-order chi connectivity index (χ0) is 20.1. The summed E-state index contributed by atoms with van der Waals surface area (Å²) in [5.74, 6) is 0.577. The fourth-order valence-corrected chi connectivity index (χ4v) is 4.41. The van der Waals surface area contributed by atoms with E-state index in [-0.39, 0.29) is 5.91 Å². The molecule has 0 fully saturated rings. The molecular formula is C18H16Cl2N4O2S2. The van der Waals surface area contributed by atoms with Gasteiger partial charge < -0.3 is 15.4 Å². The van der Waals surface area contributed by atoms with Gasteiger partial charge in [-0.2, -0.15) is 0 Å². The van der Waals surface area contributed by atoms with E-state index in [1.54, 1.807) is 32.2 Å². The lowest BCUT2D eigenvalue weighted by molar-refractivity contribution is -0.115. The average Bonchev–Trinajstić information content (AvgIpc) is 3.12.